The molecular weight excluding hydrogens is 410 g/mol. The topological polar surface area (TPSA) is 40.5 Å². The molecule has 4 heteroatoms. The van der Waals surface area contributed by atoms with E-state index >= 15 is 0 Å². The predicted molar refractivity (Wildman–Crippen MR) is 132 cm³/mol. The van der Waals surface area contributed by atoms with Crippen LogP contribution in [-0.2, 0) is 9.53 Å². The highest BCUT2D eigenvalue weighted by Gasteiger charge is 2.14. The Morgan fingerprint density at radius 2 is 1.33 bits per heavy atom. The molecule has 4 aromatic carbocycles. The zero-order valence-electron chi connectivity index (χ0n) is 18.3. The number of ether oxygens (including phenoxy) is 2. The highest BCUT2D eigenvalue weighted by molar-refractivity contribution is 5.89. The van der Waals surface area contributed by atoms with Crippen molar-refractivity contribution in [1.29, 1.82) is 0 Å². The Kier molecular flexibility index (Phi) is 5.64. The number of aromatic nitrogens is 1. The molecule has 0 aliphatic heterocycles. The highest BCUT2D eigenvalue weighted by atomic mass is 16.6. The molecule has 1 heterocycles. The van der Waals surface area contributed by atoms with Gasteiger partial charge in [-0.15, -0.1) is 0 Å². The summed E-state index contributed by atoms with van der Waals surface area (Å²) in [7, 11) is 1.35. The van der Waals surface area contributed by atoms with E-state index in [1.54, 1.807) is 0 Å². The number of nitrogens with zero attached hydrogens (tertiary/aromatic N) is 1. The molecule has 162 valence electrons. The van der Waals surface area contributed by atoms with Gasteiger partial charge in [0.15, 0.2) is 6.61 Å². The van der Waals surface area contributed by atoms with Crippen molar-refractivity contribution in [2.45, 2.75) is 0 Å². The molecule has 0 atom stereocenters. The number of carbonyl (C=O) groups is 1. The molecule has 0 spiro atoms. The molecule has 1 aromatic heterocycles. The smallest absolute Gasteiger partial charge is 0.343 e. The summed E-state index contributed by atoms with van der Waals surface area (Å²) in [6.07, 6.45) is 0. The van der Waals surface area contributed by atoms with Crippen molar-refractivity contribution >= 4 is 16.7 Å². The van der Waals surface area contributed by atoms with E-state index in [4.69, 9.17) is 4.74 Å². The maximum Gasteiger partial charge on any atom is 0.343 e. The van der Waals surface area contributed by atoms with Crippen LogP contribution in [0, 0.1) is 0 Å². The predicted octanol–water partition coefficient (Wildman–Crippen LogP) is 6.52. The number of hydrogen-bond donors (Lipinski definition) is 0. The summed E-state index contributed by atoms with van der Waals surface area (Å²) in [6.45, 7) is -0.104. The normalized spacial score (nSPS) is 10.8. The lowest BCUT2D eigenvalue weighted by molar-refractivity contribution is -0.142. The van der Waals surface area contributed by atoms with E-state index in [0.717, 1.165) is 33.4 Å². The number of methoxy groups -OCH3 is 1. The Balaban J connectivity index is 1.57. The van der Waals surface area contributed by atoms with Crippen LogP contribution in [0.2, 0.25) is 0 Å². The van der Waals surface area contributed by atoms with E-state index < -0.39 is 5.97 Å². The molecule has 0 saturated carbocycles. The van der Waals surface area contributed by atoms with Gasteiger partial charge in [-0.3, -0.25) is 0 Å². The minimum Gasteiger partial charge on any atom is -0.482 e. The third-order valence-corrected chi connectivity index (χ3v) is 5.66. The zero-order chi connectivity index (χ0) is 22.6. The zero-order valence-corrected chi connectivity index (χ0v) is 18.3. The lowest BCUT2D eigenvalue weighted by atomic mass is 10.0. The van der Waals surface area contributed by atoms with E-state index in [9.17, 15) is 4.79 Å². The van der Waals surface area contributed by atoms with Crippen LogP contribution < -0.4 is 4.74 Å². The first-order chi connectivity index (χ1) is 16.2. The van der Waals surface area contributed by atoms with E-state index in [0.29, 0.717) is 5.75 Å². The average Bonchev–Trinajstić information content (AvgIpc) is 3.33. The molecular formula is C29H23NO3. The monoisotopic (exact) mass is 433 g/mol. The van der Waals surface area contributed by atoms with Crippen LogP contribution in [0.15, 0.2) is 109 Å². The van der Waals surface area contributed by atoms with E-state index in [-0.39, 0.29) is 6.61 Å². The highest BCUT2D eigenvalue weighted by Crippen LogP contribution is 2.34. The summed E-state index contributed by atoms with van der Waals surface area (Å²) < 4.78 is 12.5. The Bertz CT molecular complexity index is 1410. The van der Waals surface area contributed by atoms with Crippen molar-refractivity contribution in [2.75, 3.05) is 13.7 Å². The SMILES string of the molecule is COC(=O)COc1ccc2cc(-c3ccc(-c4ccccc4)n3-c3ccccc3)ccc2c1. The van der Waals surface area contributed by atoms with Gasteiger partial charge in [-0.25, -0.2) is 4.79 Å². The summed E-state index contributed by atoms with van der Waals surface area (Å²) in [5, 5.41) is 2.14. The number of rotatable bonds is 6. The number of fused-ring (bicyclic) bond motifs is 1. The van der Waals surface area contributed by atoms with Gasteiger partial charge in [-0.1, -0.05) is 66.7 Å². The van der Waals surface area contributed by atoms with Crippen molar-refractivity contribution in [1.82, 2.24) is 4.57 Å². The second-order valence-corrected chi connectivity index (χ2v) is 7.73. The molecule has 0 amide bonds. The minimum absolute atomic E-state index is 0.104. The molecule has 0 aliphatic rings. The number of benzene rings is 4. The van der Waals surface area contributed by atoms with E-state index in [1.807, 2.05) is 30.3 Å². The number of hydrogen-bond acceptors (Lipinski definition) is 3. The fraction of sp³-hybridized carbons (Fsp3) is 0.0690. The summed E-state index contributed by atoms with van der Waals surface area (Å²) in [6, 6.07) is 37.4. The summed E-state index contributed by atoms with van der Waals surface area (Å²) in [4.78, 5) is 11.4. The number of esters is 1. The van der Waals surface area contributed by atoms with Crippen LogP contribution in [-0.4, -0.2) is 24.3 Å². The third-order valence-electron chi connectivity index (χ3n) is 5.66. The average molecular weight is 434 g/mol. The molecule has 0 saturated heterocycles. The van der Waals surface area contributed by atoms with Gasteiger partial charge in [0.25, 0.3) is 0 Å². The summed E-state index contributed by atoms with van der Waals surface area (Å²) in [5.74, 6) is 0.237. The van der Waals surface area contributed by atoms with Gasteiger partial charge < -0.3 is 14.0 Å². The van der Waals surface area contributed by atoms with Crippen LogP contribution in [0.25, 0.3) is 39.0 Å². The quantitative estimate of drug-likeness (QED) is 0.286. The minimum atomic E-state index is -0.402. The maximum atomic E-state index is 11.4. The summed E-state index contributed by atoms with van der Waals surface area (Å²) >= 11 is 0. The maximum absolute atomic E-state index is 11.4. The van der Waals surface area contributed by atoms with Gasteiger partial charge in [0.2, 0.25) is 0 Å². The van der Waals surface area contributed by atoms with Gasteiger partial charge >= 0.3 is 5.97 Å². The molecule has 0 aliphatic carbocycles. The third kappa shape index (κ3) is 4.23. The fourth-order valence-corrected chi connectivity index (χ4v) is 4.03. The van der Waals surface area contributed by atoms with Crippen molar-refractivity contribution in [3.8, 4) is 34.0 Å². The van der Waals surface area contributed by atoms with Crippen LogP contribution in [0.3, 0.4) is 0 Å². The first kappa shape index (κ1) is 20.6. The van der Waals surface area contributed by atoms with E-state index in [1.165, 1.54) is 12.7 Å². The van der Waals surface area contributed by atoms with Gasteiger partial charge in [0.1, 0.15) is 5.75 Å². The Hall–Kier alpha value is -4.31. The number of carbonyl (C=O) groups excluding carboxylic acids is 1. The standard InChI is InChI=1S/C29H23NO3/c1-32-29(31)20-33-26-15-14-22-18-24(13-12-23(22)19-26)28-17-16-27(21-8-4-2-5-9-21)30(28)25-10-6-3-7-11-25/h2-19H,20H2,1H3. The van der Waals surface area contributed by atoms with Crippen molar-refractivity contribution in [3.63, 3.8) is 0 Å². The molecule has 0 fully saturated rings. The Morgan fingerprint density at radius 3 is 2.06 bits per heavy atom. The van der Waals surface area contributed by atoms with Crippen molar-refractivity contribution < 1.29 is 14.3 Å². The molecule has 0 unspecified atom stereocenters. The second kappa shape index (κ2) is 9.05. The van der Waals surface area contributed by atoms with Gasteiger partial charge in [0.05, 0.1) is 18.5 Å². The lowest BCUT2D eigenvalue weighted by Gasteiger charge is -2.15. The van der Waals surface area contributed by atoms with Crippen molar-refractivity contribution in [2.24, 2.45) is 0 Å². The first-order valence-electron chi connectivity index (χ1n) is 10.8. The van der Waals surface area contributed by atoms with Crippen LogP contribution in [0.5, 0.6) is 5.75 Å². The second-order valence-electron chi connectivity index (χ2n) is 7.73. The van der Waals surface area contributed by atoms with Gasteiger partial charge in [0, 0.05) is 5.69 Å². The molecule has 0 N–H and O–H groups in total. The number of para-hydroxylation sites is 1. The van der Waals surface area contributed by atoms with Crippen molar-refractivity contribution in [3.05, 3.63) is 109 Å². The molecule has 5 rings (SSSR count). The Morgan fingerprint density at radius 1 is 0.697 bits per heavy atom. The molecule has 33 heavy (non-hydrogen) atoms. The fourth-order valence-electron chi connectivity index (χ4n) is 4.03. The first-order valence-corrected chi connectivity index (χ1v) is 10.8. The largest absolute Gasteiger partial charge is 0.482 e. The lowest BCUT2D eigenvalue weighted by Crippen LogP contribution is -2.12. The molecule has 5 aromatic rings. The van der Waals surface area contributed by atoms with E-state index in [2.05, 4.69) is 88.2 Å². The van der Waals surface area contributed by atoms with Crippen LogP contribution >= 0.6 is 0 Å². The molecule has 4 nitrogen and oxygen atoms in total. The van der Waals surface area contributed by atoms with Crippen LogP contribution in [0.4, 0.5) is 0 Å². The van der Waals surface area contributed by atoms with Gasteiger partial charge in [-0.2, -0.15) is 0 Å². The molecule has 0 radical (unpaired) electrons. The van der Waals surface area contributed by atoms with Gasteiger partial charge in [-0.05, 0) is 64.4 Å². The summed E-state index contributed by atoms with van der Waals surface area (Å²) in [5.41, 5.74) is 5.66. The van der Waals surface area contributed by atoms with Crippen LogP contribution in [0.1, 0.15) is 0 Å². The Labute approximate surface area is 192 Å². The molecule has 0 bridgehead atoms.